The van der Waals surface area contributed by atoms with Crippen molar-refractivity contribution in [3.8, 4) is 0 Å². The van der Waals surface area contributed by atoms with Gasteiger partial charge in [0.15, 0.2) is 0 Å². The average Bonchev–Trinajstić information content (AvgIpc) is 3.54. The lowest BCUT2D eigenvalue weighted by Crippen LogP contribution is -2.56. The first-order valence-electron chi connectivity index (χ1n) is 14.1. The molecule has 4 aliphatic heterocycles. The second-order valence-corrected chi connectivity index (χ2v) is 12.1. The number of carbonyl (C=O) groups excluding carboxylic acids is 3. The summed E-state index contributed by atoms with van der Waals surface area (Å²) in [4.78, 5) is 45.0. The summed E-state index contributed by atoms with van der Waals surface area (Å²) in [5.74, 6) is -2.02. The molecular weight excluding hydrogens is 568 g/mol. The standard InChI is InChI=1S/C28H39BrN4O6/c29-20-17-28-22(21(23(20)39-28)25(35)31-18-19-7-3-1-4-8-19)27(37)33(10-5-2-6-14-34)24(28)26(36)30-9-11-32-12-15-38-16-13-32/h1,3-4,7-8,20-24,34H,2,5-6,9-18H2,(H,30,36)(H,31,35)/t20?,21-,22-,23-,24?,28?/m0/s1. The van der Waals surface area contributed by atoms with E-state index in [0.29, 0.717) is 58.7 Å². The molecule has 3 unspecified atom stereocenters. The van der Waals surface area contributed by atoms with Gasteiger partial charge in [-0.2, -0.15) is 0 Å². The van der Waals surface area contributed by atoms with Crippen LogP contribution >= 0.6 is 15.9 Å². The van der Waals surface area contributed by atoms with Crippen LogP contribution in [-0.2, 0) is 30.4 Å². The number of aliphatic hydroxyl groups is 1. The summed E-state index contributed by atoms with van der Waals surface area (Å²) < 4.78 is 12.0. The number of fused-ring (bicyclic) bond motifs is 1. The number of ether oxygens (including phenoxy) is 2. The van der Waals surface area contributed by atoms with Crippen molar-refractivity contribution in [3.63, 3.8) is 0 Å². The van der Waals surface area contributed by atoms with Crippen molar-refractivity contribution in [1.29, 1.82) is 0 Å². The number of amides is 3. The van der Waals surface area contributed by atoms with Gasteiger partial charge in [0.2, 0.25) is 17.7 Å². The van der Waals surface area contributed by atoms with Crippen LogP contribution in [0.15, 0.2) is 30.3 Å². The Balaban J connectivity index is 1.33. The summed E-state index contributed by atoms with van der Waals surface area (Å²) in [6.07, 6.45) is 2.06. The molecule has 11 heteroatoms. The minimum atomic E-state index is -1.05. The van der Waals surface area contributed by atoms with Crippen molar-refractivity contribution < 1.29 is 29.0 Å². The quantitative estimate of drug-likeness (QED) is 0.236. The maximum absolute atomic E-state index is 14.0. The van der Waals surface area contributed by atoms with E-state index in [0.717, 1.165) is 25.1 Å². The second-order valence-electron chi connectivity index (χ2n) is 10.9. The maximum atomic E-state index is 14.0. The fourth-order valence-corrected chi connectivity index (χ4v) is 7.65. The molecule has 4 fully saturated rings. The highest BCUT2D eigenvalue weighted by molar-refractivity contribution is 9.09. The first-order valence-corrected chi connectivity index (χ1v) is 15.0. The zero-order valence-corrected chi connectivity index (χ0v) is 23.8. The molecule has 10 nitrogen and oxygen atoms in total. The van der Waals surface area contributed by atoms with Crippen LogP contribution in [0, 0.1) is 11.8 Å². The molecule has 0 aliphatic carbocycles. The van der Waals surface area contributed by atoms with Gasteiger partial charge in [-0.05, 0) is 31.2 Å². The molecule has 4 aliphatic rings. The van der Waals surface area contributed by atoms with E-state index in [-0.39, 0.29) is 29.2 Å². The molecule has 4 saturated heterocycles. The van der Waals surface area contributed by atoms with Crippen LogP contribution in [0.4, 0.5) is 0 Å². The van der Waals surface area contributed by atoms with Gasteiger partial charge in [-0.25, -0.2) is 0 Å². The zero-order valence-electron chi connectivity index (χ0n) is 22.2. The van der Waals surface area contributed by atoms with Crippen LogP contribution in [0.2, 0.25) is 0 Å². The Labute approximate surface area is 237 Å². The fourth-order valence-electron chi connectivity index (χ4n) is 6.70. The van der Waals surface area contributed by atoms with Crippen molar-refractivity contribution in [2.75, 3.05) is 52.5 Å². The molecule has 2 bridgehead atoms. The highest BCUT2D eigenvalue weighted by Gasteiger charge is 2.76. The van der Waals surface area contributed by atoms with Crippen LogP contribution in [0.25, 0.3) is 0 Å². The monoisotopic (exact) mass is 606 g/mol. The molecular formula is C28H39BrN4O6. The molecule has 0 saturated carbocycles. The number of aliphatic hydroxyl groups excluding tert-OH is 1. The Hall–Kier alpha value is -2.05. The number of hydrogen-bond acceptors (Lipinski definition) is 7. The third-order valence-electron chi connectivity index (χ3n) is 8.54. The van der Waals surface area contributed by atoms with E-state index >= 15 is 0 Å². The number of carbonyl (C=O) groups is 3. The van der Waals surface area contributed by atoms with Crippen molar-refractivity contribution in [2.45, 2.75) is 54.8 Å². The molecule has 39 heavy (non-hydrogen) atoms. The Morgan fingerprint density at radius 1 is 1.05 bits per heavy atom. The van der Waals surface area contributed by atoms with Crippen molar-refractivity contribution in [1.82, 2.24) is 20.4 Å². The topological polar surface area (TPSA) is 120 Å². The number of rotatable bonds is 12. The van der Waals surface area contributed by atoms with Crippen molar-refractivity contribution >= 4 is 33.7 Å². The molecule has 0 radical (unpaired) electrons. The Bertz CT molecular complexity index is 1020. The first-order chi connectivity index (χ1) is 19.0. The van der Waals surface area contributed by atoms with Crippen LogP contribution in [0.5, 0.6) is 0 Å². The van der Waals surface area contributed by atoms with Crippen molar-refractivity contribution in [3.05, 3.63) is 35.9 Å². The zero-order chi connectivity index (χ0) is 27.4. The van der Waals surface area contributed by atoms with Gasteiger partial charge in [0, 0.05) is 50.7 Å². The molecule has 4 heterocycles. The Morgan fingerprint density at radius 3 is 2.56 bits per heavy atom. The van der Waals surface area contributed by atoms with Crippen molar-refractivity contribution in [2.24, 2.45) is 11.8 Å². The first kappa shape index (κ1) is 28.5. The molecule has 3 amide bonds. The lowest BCUT2D eigenvalue weighted by Gasteiger charge is -2.34. The summed E-state index contributed by atoms with van der Waals surface area (Å²) in [7, 11) is 0. The van der Waals surface area contributed by atoms with E-state index in [1.54, 1.807) is 4.90 Å². The number of hydrogen-bond donors (Lipinski definition) is 3. The smallest absolute Gasteiger partial charge is 0.245 e. The SMILES string of the molecule is O=C(NCCN1CCOCC1)C1N(CCCCCO)C(=O)[C@@H]2[C@H](C(=O)NCc3ccccc3)[C@H]3OC12CC3Br. The van der Waals surface area contributed by atoms with Gasteiger partial charge in [-0.3, -0.25) is 19.3 Å². The summed E-state index contributed by atoms with van der Waals surface area (Å²) in [5.41, 5.74) is -0.0779. The van der Waals surface area contributed by atoms with E-state index in [4.69, 9.17) is 9.47 Å². The van der Waals surface area contributed by atoms with Gasteiger partial charge < -0.3 is 30.1 Å². The molecule has 214 valence electrons. The Kier molecular flexibility index (Phi) is 9.23. The summed E-state index contributed by atoms with van der Waals surface area (Å²) in [6, 6.07) is 8.85. The predicted molar refractivity (Wildman–Crippen MR) is 147 cm³/mol. The van der Waals surface area contributed by atoms with E-state index < -0.39 is 29.6 Å². The molecule has 1 spiro atoms. The summed E-state index contributed by atoms with van der Waals surface area (Å²) >= 11 is 3.71. The molecule has 6 atom stereocenters. The van der Waals surface area contributed by atoms with Gasteiger partial charge >= 0.3 is 0 Å². The largest absolute Gasteiger partial charge is 0.396 e. The molecule has 3 N–H and O–H groups in total. The lowest BCUT2D eigenvalue weighted by atomic mass is 9.70. The van der Waals surface area contributed by atoms with Crippen LogP contribution < -0.4 is 10.6 Å². The number of unbranched alkanes of at least 4 members (excludes halogenated alkanes) is 2. The van der Waals surface area contributed by atoms with Gasteiger partial charge in [-0.15, -0.1) is 0 Å². The minimum absolute atomic E-state index is 0.0890. The maximum Gasteiger partial charge on any atom is 0.245 e. The third-order valence-corrected chi connectivity index (χ3v) is 9.38. The average molecular weight is 608 g/mol. The molecule has 1 aromatic carbocycles. The third kappa shape index (κ3) is 5.74. The van der Waals surface area contributed by atoms with E-state index in [1.807, 2.05) is 30.3 Å². The second kappa shape index (κ2) is 12.6. The number of nitrogens with zero attached hydrogens (tertiary/aromatic N) is 2. The highest BCUT2D eigenvalue weighted by atomic mass is 79.9. The van der Waals surface area contributed by atoms with Crippen LogP contribution in [-0.4, -0.2) is 108 Å². The van der Waals surface area contributed by atoms with Gasteiger partial charge in [0.25, 0.3) is 0 Å². The summed E-state index contributed by atoms with van der Waals surface area (Å²) in [5, 5.41) is 15.3. The van der Waals surface area contributed by atoms with E-state index in [2.05, 4.69) is 31.5 Å². The van der Waals surface area contributed by atoms with E-state index in [1.165, 1.54) is 0 Å². The highest BCUT2D eigenvalue weighted by Crippen LogP contribution is 2.60. The molecule has 0 aromatic heterocycles. The van der Waals surface area contributed by atoms with Crippen LogP contribution in [0.1, 0.15) is 31.2 Å². The van der Waals surface area contributed by atoms with Gasteiger partial charge in [0.1, 0.15) is 11.6 Å². The molecule has 5 rings (SSSR count). The van der Waals surface area contributed by atoms with Gasteiger partial charge in [0.05, 0.1) is 31.2 Å². The number of morpholine rings is 1. The van der Waals surface area contributed by atoms with E-state index in [9.17, 15) is 19.5 Å². The lowest BCUT2D eigenvalue weighted by molar-refractivity contribution is -0.142. The number of nitrogens with one attached hydrogen (secondary N) is 2. The number of benzene rings is 1. The minimum Gasteiger partial charge on any atom is -0.396 e. The van der Waals surface area contributed by atoms with Gasteiger partial charge in [-0.1, -0.05) is 46.3 Å². The summed E-state index contributed by atoms with van der Waals surface area (Å²) in [6.45, 7) is 5.04. The Morgan fingerprint density at radius 2 is 1.82 bits per heavy atom. The number of likely N-dealkylation sites (tertiary alicyclic amines) is 1. The number of alkyl halides is 1. The predicted octanol–water partition coefficient (Wildman–Crippen LogP) is 0.662. The normalized spacial score (nSPS) is 31.9. The number of halogens is 1. The van der Waals surface area contributed by atoms with Crippen LogP contribution in [0.3, 0.4) is 0 Å². The molecule has 1 aromatic rings. The fraction of sp³-hybridized carbons (Fsp3) is 0.679.